The van der Waals surface area contributed by atoms with Crippen molar-refractivity contribution in [2.75, 3.05) is 32.6 Å². The summed E-state index contributed by atoms with van der Waals surface area (Å²) in [6, 6.07) is 19.7. The number of hydrogen-bond acceptors (Lipinski definition) is 7. The number of benzene rings is 2. The molecule has 1 atom stereocenters. The van der Waals surface area contributed by atoms with Crippen molar-refractivity contribution in [3.05, 3.63) is 94.3 Å². The maximum atomic E-state index is 9.99. The molecule has 1 N–H and O–H groups in total. The SMILES string of the molecule is CCOc1ccc(/C(Nc2ccc(OCc3ccccn3)c(Cl)c2)=C(C#N)\C=N/C)cc1/C=C/C1CCCN1C. The number of likely N-dealkylation sites (N-methyl/N-ethyl adjacent to an activating group) is 1. The van der Waals surface area contributed by atoms with Gasteiger partial charge >= 0.3 is 0 Å². The highest BCUT2D eigenvalue weighted by Gasteiger charge is 2.18. The second-order valence-electron chi connectivity index (χ2n) is 9.40. The van der Waals surface area contributed by atoms with E-state index in [0.717, 1.165) is 35.5 Å². The molecule has 40 heavy (non-hydrogen) atoms. The molecule has 1 aliphatic heterocycles. The van der Waals surface area contributed by atoms with E-state index >= 15 is 0 Å². The van der Waals surface area contributed by atoms with Crippen LogP contribution in [0, 0.1) is 11.3 Å². The smallest absolute Gasteiger partial charge is 0.138 e. The highest BCUT2D eigenvalue weighted by molar-refractivity contribution is 6.32. The van der Waals surface area contributed by atoms with Crippen LogP contribution >= 0.6 is 11.6 Å². The van der Waals surface area contributed by atoms with Gasteiger partial charge in [0.15, 0.2) is 0 Å². The van der Waals surface area contributed by atoms with Crippen molar-refractivity contribution in [1.29, 1.82) is 5.26 Å². The minimum absolute atomic E-state index is 0.309. The fourth-order valence-corrected chi connectivity index (χ4v) is 4.80. The molecule has 2 heterocycles. The molecule has 0 saturated carbocycles. The molecule has 3 aromatic rings. The lowest BCUT2D eigenvalue weighted by Crippen LogP contribution is -2.22. The third-order valence-corrected chi connectivity index (χ3v) is 6.92. The lowest BCUT2D eigenvalue weighted by Gasteiger charge is -2.17. The molecule has 0 aliphatic carbocycles. The van der Waals surface area contributed by atoms with Crippen molar-refractivity contribution in [2.24, 2.45) is 4.99 Å². The Kier molecular flexibility index (Phi) is 10.3. The van der Waals surface area contributed by atoms with Gasteiger partial charge in [-0.1, -0.05) is 29.8 Å². The summed E-state index contributed by atoms with van der Waals surface area (Å²) >= 11 is 6.57. The Balaban J connectivity index is 1.64. The lowest BCUT2D eigenvalue weighted by atomic mass is 10.0. The van der Waals surface area contributed by atoms with Gasteiger partial charge in [0.1, 0.15) is 24.2 Å². The standard InChI is InChI=1S/C32H34ClN5O2/c1-4-39-30-14-11-24(18-23(30)10-13-28-9-7-17-38(28)3)32(25(20-34)21-35-2)37-26-12-15-31(29(33)19-26)40-22-27-8-5-6-16-36-27/h5-6,8,10-16,18-19,21,28,37H,4,7,9,17,22H2,1-3H3/b13-10+,32-25+,35-21-. The summed E-state index contributed by atoms with van der Waals surface area (Å²) in [5, 5.41) is 13.8. The van der Waals surface area contributed by atoms with Crippen molar-refractivity contribution in [1.82, 2.24) is 9.88 Å². The molecule has 1 fully saturated rings. The third kappa shape index (κ3) is 7.50. The Morgan fingerprint density at radius 3 is 2.73 bits per heavy atom. The molecule has 0 amide bonds. The molecule has 1 saturated heterocycles. The number of nitrogens with one attached hydrogen (secondary N) is 1. The number of nitrogens with zero attached hydrogens (tertiary/aromatic N) is 4. The van der Waals surface area contributed by atoms with Crippen LogP contribution in [0.15, 0.2) is 77.4 Å². The number of ether oxygens (including phenoxy) is 2. The largest absolute Gasteiger partial charge is 0.493 e. The van der Waals surface area contributed by atoms with E-state index in [1.54, 1.807) is 31.6 Å². The van der Waals surface area contributed by atoms with Crippen LogP contribution in [0.25, 0.3) is 11.8 Å². The van der Waals surface area contributed by atoms with Crippen LogP contribution in [-0.2, 0) is 6.61 Å². The summed E-state index contributed by atoms with van der Waals surface area (Å²) in [7, 11) is 3.79. The molecule has 1 unspecified atom stereocenters. The van der Waals surface area contributed by atoms with Crippen LogP contribution in [-0.4, -0.2) is 49.4 Å². The number of likely N-dealkylation sites (tertiary alicyclic amines) is 1. The van der Waals surface area contributed by atoms with Gasteiger partial charge in [-0.2, -0.15) is 5.26 Å². The molecule has 0 spiro atoms. The number of aliphatic imine (C=N–C) groups is 1. The average molecular weight is 556 g/mol. The summed E-state index contributed by atoms with van der Waals surface area (Å²) in [6.07, 6.45) is 9.95. The van der Waals surface area contributed by atoms with Gasteiger partial charge in [0.25, 0.3) is 0 Å². The van der Waals surface area contributed by atoms with Crippen LogP contribution < -0.4 is 14.8 Å². The third-order valence-electron chi connectivity index (χ3n) is 6.62. The van der Waals surface area contributed by atoms with E-state index in [0.29, 0.717) is 47.0 Å². The highest BCUT2D eigenvalue weighted by Crippen LogP contribution is 2.32. The van der Waals surface area contributed by atoms with Crippen LogP contribution in [0.4, 0.5) is 5.69 Å². The molecule has 0 radical (unpaired) electrons. The molecular weight excluding hydrogens is 522 g/mol. The Bertz CT molecular complexity index is 1430. The first-order chi connectivity index (χ1) is 19.5. The van der Waals surface area contributed by atoms with Gasteiger partial charge in [-0.15, -0.1) is 0 Å². The van der Waals surface area contributed by atoms with E-state index in [9.17, 15) is 5.26 Å². The van der Waals surface area contributed by atoms with E-state index in [2.05, 4.69) is 45.5 Å². The van der Waals surface area contributed by atoms with Crippen molar-refractivity contribution >= 4 is 35.3 Å². The number of anilines is 1. The fourth-order valence-electron chi connectivity index (χ4n) is 4.56. The number of rotatable bonds is 11. The minimum atomic E-state index is 0.309. The quantitative estimate of drug-likeness (QED) is 0.205. The Morgan fingerprint density at radius 2 is 2.05 bits per heavy atom. The molecular formula is C32H34ClN5O2. The van der Waals surface area contributed by atoms with Crippen molar-refractivity contribution in [2.45, 2.75) is 32.4 Å². The molecule has 2 aromatic carbocycles. The zero-order valence-electron chi connectivity index (χ0n) is 23.1. The fraction of sp³-hybridized carbons (Fsp3) is 0.281. The number of nitriles is 1. The lowest BCUT2D eigenvalue weighted by molar-refractivity contribution is 0.301. The number of aromatic nitrogens is 1. The van der Waals surface area contributed by atoms with Gasteiger partial charge in [0.05, 0.1) is 28.6 Å². The zero-order valence-corrected chi connectivity index (χ0v) is 23.9. The first-order valence-corrected chi connectivity index (χ1v) is 13.7. The maximum Gasteiger partial charge on any atom is 0.138 e. The second-order valence-corrected chi connectivity index (χ2v) is 9.81. The van der Waals surface area contributed by atoms with Gasteiger partial charge in [0, 0.05) is 42.3 Å². The Morgan fingerprint density at radius 1 is 1.20 bits per heavy atom. The first kappa shape index (κ1) is 28.9. The topological polar surface area (TPSA) is 82.8 Å². The Labute approximate surface area is 241 Å². The summed E-state index contributed by atoms with van der Waals surface area (Å²) in [4.78, 5) is 10.7. The predicted octanol–water partition coefficient (Wildman–Crippen LogP) is 6.87. The monoisotopic (exact) mass is 555 g/mol. The second kappa shape index (κ2) is 14.3. The predicted molar refractivity (Wildman–Crippen MR) is 163 cm³/mol. The average Bonchev–Trinajstić information content (AvgIpc) is 3.39. The summed E-state index contributed by atoms with van der Waals surface area (Å²) in [5.74, 6) is 1.34. The van der Waals surface area contributed by atoms with Crippen LogP contribution in [0.2, 0.25) is 5.02 Å². The van der Waals surface area contributed by atoms with Gasteiger partial charge in [-0.25, -0.2) is 0 Å². The van der Waals surface area contributed by atoms with Crippen molar-refractivity contribution < 1.29 is 9.47 Å². The van der Waals surface area contributed by atoms with Crippen LogP contribution in [0.1, 0.15) is 36.6 Å². The molecule has 4 rings (SSSR count). The van der Waals surface area contributed by atoms with E-state index in [1.165, 1.54) is 6.42 Å². The highest BCUT2D eigenvalue weighted by atomic mass is 35.5. The summed E-state index contributed by atoms with van der Waals surface area (Å²) in [5.41, 5.74) is 4.29. The molecule has 1 aromatic heterocycles. The van der Waals surface area contributed by atoms with Gasteiger partial charge in [-0.3, -0.25) is 14.9 Å². The van der Waals surface area contributed by atoms with Gasteiger partial charge in [-0.05, 0) is 81.9 Å². The molecule has 206 valence electrons. The van der Waals surface area contributed by atoms with Crippen LogP contribution in [0.3, 0.4) is 0 Å². The molecule has 7 nitrogen and oxygen atoms in total. The van der Waals surface area contributed by atoms with Gasteiger partial charge < -0.3 is 14.8 Å². The van der Waals surface area contributed by atoms with E-state index in [4.69, 9.17) is 21.1 Å². The number of allylic oxidation sites excluding steroid dienone is 1. The van der Waals surface area contributed by atoms with Crippen LogP contribution in [0.5, 0.6) is 11.5 Å². The summed E-state index contributed by atoms with van der Waals surface area (Å²) in [6.45, 7) is 3.94. The van der Waals surface area contributed by atoms with Crippen molar-refractivity contribution in [3.63, 3.8) is 0 Å². The first-order valence-electron chi connectivity index (χ1n) is 13.3. The van der Waals surface area contributed by atoms with Crippen molar-refractivity contribution in [3.8, 4) is 17.6 Å². The van der Waals surface area contributed by atoms with E-state index in [-0.39, 0.29) is 0 Å². The van der Waals surface area contributed by atoms with Gasteiger partial charge in [0.2, 0.25) is 0 Å². The molecule has 1 aliphatic rings. The normalized spacial score (nSPS) is 16.2. The summed E-state index contributed by atoms with van der Waals surface area (Å²) < 4.78 is 11.8. The molecule has 8 heteroatoms. The van der Waals surface area contributed by atoms with E-state index < -0.39 is 0 Å². The Hall–Kier alpha value is -4.12. The van der Waals surface area contributed by atoms with E-state index in [1.807, 2.05) is 49.4 Å². The number of pyridine rings is 1. The zero-order chi connectivity index (χ0) is 28.3. The number of halogens is 1. The maximum absolute atomic E-state index is 9.99. The number of hydrogen-bond donors (Lipinski definition) is 1. The minimum Gasteiger partial charge on any atom is -0.493 e. The molecule has 0 bridgehead atoms.